The van der Waals surface area contributed by atoms with Crippen LogP contribution in [0.25, 0.3) is 0 Å². The summed E-state index contributed by atoms with van der Waals surface area (Å²) < 4.78 is 2.02. The average molecular weight is 374 g/mol. The summed E-state index contributed by atoms with van der Waals surface area (Å²) in [5, 5.41) is 1.88. The molecule has 0 radical (unpaired) electrons. The molecule has 0 saturated carbocycles. The van der Waals surface area contributed by atoms with Crippen LogP contribution in [-0.2, 0) is 0 Å². The van der Waals surface area contributed by atoms with Gasteiger partial charge >= 0.3 is 0 Å². The summed E-state index contributed by atoms with van der Waals surface area (Å²) in [6, 6.07) is 5.79. The zero-order chi connectivity index (χ0) is 12.6. The van der Waals surface area contributed by atoms with E-state index in [1.54, 1.807) is 0 Å². The van der Waals surface area contributed by atoms with E-state index >= 15 is 0 Å². The predicted molar refractivity (Wildman–Crippen MR) is 79.1 cm³/mol. The van der Waals surface area contributed by atoms with E-state index in [4.69, 9.17) is 0 Å². The van der Waals surface area contributed by atoms with E-state index in [1.165, 1.54) is 11.3 Å². The zero-order valence-corrected chi connectivity index (χ0v) is 13.4. The molecule has 88 valence electrons. The number of aryl methyl sites for hydroxylation is 2. The van der Waals surface area contributed by atoms with Crippen LogP contribution in [0.2, 0.25) is 0 Å². The molecular formula is C13H10Br2OS. The number of thiophene rings is 1. The number of hydrogen-bond donors (Lipinski definition) is 0. The highest BCUT2D eigenvalue weighted by Gasteiger charge is 2.14. The second kappa shape index (κ2) is 5.04. The molecule has 1 aromatic heterocycles. The van der Waals surface area contributed by atoms with Crippen molar-refractivity contribution in [2.75, 3.05) is 0 Å². The van der Waals surface area contributed by atoms with Gasteiger partial charge in [-0.1, -0.05) is 15.9 Å². The monoisotopic (exact) mass is 372 g/mol. The molecule has 2 aromatic rings. The van der Waals surface area contributed by atoms with E-state index < -0.39 is 0 Å². The van der Waals surface area contributed by atoms with E-state index in [1.807, 2.05) is 37.4 Å². The minimum absolute atomic E-state index is 0.0834. The molecule has 2 rings (SSSR count). The van der Waals surface area contributed by atoms with Crippen molar-refractivity contribution < 1.29 is 4.79 Å². The summed E-state index contributed by atoms with van der Waals surface area (Å²) >= 11 is 8.38. The molecule has 0 N–H and O–H groups in total. The molecule has 1 aromatic carbocycles. The lowest BCUT2D eigenvalue weighted by Crippen LogP contribution is -2.03. The van der Waals surface area contributed by atoms with Crippen LogP contribution in [-0.4, -0.2) is 5.78 Å². The van der Waals surface area contributed by atoms with E-state index in [9.17, 15) is 4.79 Å². The quantitative estimate of drug-likeness (QED) is 0.667. The largest absolute Gasteiger partial charge is 0.289 e. The Kier molecular flexibility index (Phi) is 3.85. The van der Waals surface area contributed by atoms with E-state index in [-0.39, 0.29) is 5.78 Å². The molecule has 1 nitrogen and oxygen atoms in total. The Morgan fingerprint density at radius 3 is 2.41 bits per heavy atom. The second-order valence-electron chi connectivity index (χ2n) is 3.88. The van der Waals surface area contributed by atoms with Crippen molar-refractivity contribution in [2.45, 2.75) is 13.8 Å². The van der Waals surface area contributed by atoms with Crippen LogP contribution in [0.15, 0.2) is 31.8 Å². The standard InChI is InChI=1S/C13H10Br2OS/c1-7-4-11(14)8(2)3-10(7)13(16)9-5-12(15)17-6-9/h3-6H,1-2H3. The molecule has 1 heterocycles. The SMILES string of the molecule is Cc1cc(C(=O)c2csc(Br)c2)c(C)cc1Br. The molecule has 4 heteroatoms. The van der Waals surface area contributed by atoms with Gasteiger partial charge in [-0.2, -0.15) is 0 Å². The smallest absolute Gasteiger partial charge is 0.194 e. The van der Waals surface area contributed by atoms with Gasteiger partial charge in [0.05, 0.1) is 3.79 Å². The molecule has 0 amide bonds. The summed E-state index contributed by atoms with van der Waals surface area (Å²) in [5.41, 5.74) is 3.59. The number of rotatable bonds is 2. The van der Waals surface area contributed by atoms with Crippen LogP contribution in [0.5, 0.6) is 0 Å². The number of carbonyl (C=O) groups is 1. The Labute approximate surface area is 121 Å². The van der Waals surface area contributed by atoms with Gasteiger partial charge in [-0.15, -0.1) is 11.3 Å². The molecule has 0 saturated heterocycles. The number of benzene rings is 1. The lowest BCUT2D eigenvalue weighted by Gasteiger charge is -2.07. The molecule has 0 aliphatic heterocycles. The fourth-order valence-electron chi connectivity index (χ4n) is 1.61. The predicted octanol–water partition coefficient (Wildman–Crippen LogP) is 5.12. The summed E-state index contributed by atoms with van der Waals surface area (Å²) in [7, 11) is 0. The molecule has 0 atom stereocenters. The number of hydrogen-bond acceptors (Lipinski definition) is 2. The molecular weight excluding hydrogens is 364 g/mol. The van der Waals surface area contributed by atoms with Crippen molar-refractivity contribution in [3.05, 3.63) is 54.1 Å². The van der Waals surface area contributed by atoms with Crippen molar-refractivity contribution in [3.8, 4) is 0 Å². The molecule has 0 fully saturated rings. The van der Waals surface area contributed by atoms with Crippen LogP contribution in [0.3, 0.4) is 0 Å². The summed E-state index contributed by atoms with van der Waals surface area (Å²) in [6.07, 6.45) is 0. The van der Waals surface area contributed by atoms with Crippen LogP contribution in [0, 0.1) is 13.8 Å². The number of carbonyl (C=O) groups excluding carboxylic acids is 1. The molecule has 0 spiro atoms. The van der Waals surface area contributed by atoms with Crippen molar-refractivity contribution >= 4 is 49.0 Å². The third kappa shape index (κ3) is 2.69. The Bertz CT molecular complexity index is 587. The van der Waals surface area contributed by atoms with Crippen molar-refractivity contribution in [1.29, 1.82) is 0 Å². The van der Waals surface area contributed by atoms with Gasteiger partial charge in [0.25, 0.3) is 0 Å². The first-order valence-electron chi connectivity index (χ1n) is 5.04. The summed E-state index contributed by atoms with van der Waals surface area (Å²) in [5.74, 6) is 0.0834. The van der Waals surface area contributed by atoms with E-state index in [0.29, 0.717) is 0 Å². The zero-order valence-electron chi connectivity index (χ0n) is 9.38. The highest BCUT2D eigenvalue weighted by Crippen LogP contribution is 2.26. The maximum absolute atomic E-state index is 12.3. The summed E-state index contributed by atoms with van der Waals surface area (Å²) in [6.45, 7) is 3.95. The first-order valence-corrected chi connectivity index (χ1v) is 7.51. The molecule has 0 bridgehead atoms. The number of ketones is 1. The maximum Gasteiger partial charge on any atom is 0.194 e. The van der Waals surface area contributed by atoms with Gasteiger partial charge in [0.15, 0.2) is 5.78 Å². The van der Waals surface area contributed by atoms with Crippen LogP contribution >= 0.6 is 43.2 Å². The fraction of sp³-hybridized carbons (Fsp3) is 0.154. The molecule has 0 aliphatic carbocycles. The Hall–Kier alpha value is -0.450. The van der Waals surface area contributed by atoms with E-state index in [2.05, 4.69) is 31.9 Å². The second-order valence-corrected chi connectivity index (χ2v) is 7.03. The highest BCUT2D eigenvalue weighted by molar-refractivity contribution is 9.11. The van der Waals surface area contributed by atoms with Gasteiger partial charge in [-0.25, -0.2) is 0 Å². The van der Waals surface area contributed by atoms with Gasteiger partial charge in [0.1, 0.15) is 0 Å². The number of halogens is 2. The Morgan fingerprint density at radius 1 is 1.12 bits per heavy atom. The lowest BCUT2D eigenvalue weighted by atomic mass is 9.99. The minimum atomic E-state index is 0.0834. The third-order valence-corrected chi connectivity index (χ3v) is 4.94. The summed E-state index contributed by atoms with van der Waals surface area (Å²) in [4.78, 5) is 12.3. The van der Waals surface area contributed by atoms with Gasteiger partial charge in [-0.3, -0.25) is 4.79 Å². The van der Waals surface area contributed by atoms with Crippen molar-refractivity contribution in [1.82, 2.24) is 0 Å². The highest BCUT2D eigenvalue weighted by atomic mass is 79.9. The van der Waals surface area contributed by atoms with Gasteiger partial charge in [0.2, 0.25) is 0 Å². The topological polar surface area (TPSA) is 17.1 Å². The molecule has 17 heavy (non-hydrogen) atoms. The first-order chi connectivity index (χ1) is 7.99. The van der Waals surface area contributed by atoms with Gasteiger partial charge < -0.3 is 0 Å². The average Bonchev–Trinajstić information content (AvgIpc) is 2.69. The Balaban J connectivity index is 2.47. The van der Waals surface area contributed by atoms with Crippen LogP contribution in [0.1, 0.15) is 27.0 Å². The molecule has 0 unspecified atom stereocenters. The minimum Gasteiger partial charge on any atom is -0.289 e. The van der Waals surface area contributed by atoms with Crippen molar-refractivity contribution in [2.24, 2.45) is 0 Å². The van der Waals surface area contributed by atoms with Gasteiger partial charge in [0, 0.05) is 21.0 Å². The maximum atomic E-state index is 12.3. The van der Waals surface area contributed by atoms with Crippen LogP contribution < -0.4 is 0 Å². The normalized spacial score (nSPS) is 10.6. The van der Waals surface area contributed by atoms with Gasteiger partial charge in [-0.05, 0) is 59.1 Å². The lowest BCUT2D eigenvalue weighted by molar-refractivity contribution is 0.103. The Morgan fingerprint density at radius 2 is 1.82 bits per heavy atom. The third-order valence-electron chi connectivity index (χ3n) is 2.58. The van der Waals surface area contributed by atoms with Crippen LogP contribution in [0.4, 0.5) is 0 Å². The fourth-order valence-corrected chi connectivity index (χ4v) is 3.20. The van der Waals surface area contributed by atoms with E-state index in [0.717, 1.165) is 30.5 Å². The first kappa shape index (κ1) is 13.0. The molecule has 0 aliphatic rings. The van der Waals surface area contributed by atoms with Crippen molar-refractivity contribution in [3.63, 3.8) is 0 Å².